The van der Waals surface area contributed by atoms with E-state index < -0.39 is 0 Å². The van der Waals surface area contributed by atoms with E-state index in [0.29, 0.717) is 6.54 Å². The van der Waals surface area contributed by atoms with Crippen molar-refractivity contribution in [2.24, 2.45) is 0 Å². The molecule has 1 amide bonds. The molecule has 0 bridgehead atoms. The normalized spacial score (nSPS) is 10.2. The van der Waals surface area contributed by atoms with Crippen LogP contribution >= 0.6 is 11.3 Å². The first-order chi connectivity index (χ1) is 8.75. The molecule has 0 unspecified atom stereocenters. The van der Waals surface area contributed by atoms with E-state index in [1.807, 2.05) is 29.6 Å². The van der Waals surface area contributed by atoms with Crippen molar-refractivity contribution in [2.45, 2.75) is 12.8 Å². The van der Waals surface area contributed by atoms with Gasteiger partial charge in [0.2, 0.25) is 0 Å². The number of carbonyl (C=O) groups excluding carboxylic acids is 1. The van der Waals surface area contributed by atoms with Gasteiger partial charge in [-0.3, -0.25) is 4.79 Å². The third-order valence-corrected chi connectivity index (χ3v) is 3.48. The Labute approximate surface area is 110 Å². The molecule has 0 spiro atoms. The fourth-order valence-electron chi connectivity index (χ4n) is 1.65. The van der Waals surface area contributed by atoms with Crippen molar-refractivity contribution >= 4 is 17.2 Å². The summed E-state index contributed by atoms with van der Waals surface area (Å²) >= 11 is 1.45. The molecule has 94 valence electrons. The Morgan fingerprint density at radius 2 is 2.00 bits per heavy atom. The van der Waals surface area contributed by atoms with Crippen molar-refractivity contribution in [3.8, 4) is 5.75 Å². The topological polar surface area (TPSA) is 49.3 Å². The molecule has 1 aromatic heterocycles. The zero-order chi connectivity index (χ0) is 12.8. The first-order valence-electron chi connectivity index (χ1n) is 5.85. The van der Waals surface area contributed by atoms with E-state index in [0.717, 1.165) is 23.3 Å². The lowest BCUT2D eigenvalue weighted by molar-refractivity contribution is 0.0957. The van der Waals surface area contributed by atoms with Crippen LogP contribution in [0.3, 0.4) is 0 Å². The molecule has 1 aromatic carbocycles. The second kappa shape index (κ2) is 6.21. The molecule has 4 heteroatoms. The van der Waals surface area contributed by atoms with E-state index in [9.17, 15) is 4.79 Å². The molecule has 0 aliphatic heterocycles. The average molecular weight is 261 g/mol. The summed E-state index contributed by atoms with van der Waals surface area (Å²) in [5.74, 6) is 0.278. The number of carbonyl (C=O) groups is 1. The van der Waals surface area contributed by atoms with Crippen molar-refractivity contribution in [1.82, 2.24) is 5.32 Å². The molecule has 0 radical (unpaired) electrons. The highest BCUT2D eigenvalue weighted by Gasteiger charge is 2.04. The molecule has 3 nitrogen and oxygen atoms in total. The maximum atomic E-state index is 11.6. The first-order valence-corrected chi connectivity index (χ1v) is 6.73. The minimum Gasteiger partial charge on any atom is -0.508 e. The van der Waals surface area contributed by atoms with Gasteiger partial charge < -0.3 is 10.4 Å². The first kappa shape index (κ1) is 12.6. The summed E-state index contributed by atoms with van der Waals surface area (Å²) in [5, 5.41) is 13.9. The number of phenols is 1. The van der Waals surface area contributed by atoms with Crippen LogP contribution in [-0.4, -0.2) is 17.6 Å². The van der Waals surface area contributed by atoms with Crippen LogP contribution in [0.4, 0.5) is 0 Å². The number of thiophene rings is 1. The quantitative estimate of drug-likeness (QED) is 0.813. The highest BCUT2D eigenvalue weighted by Crippen LogP contribution is 2.11. The third-order valence-electron chi connectivity index (χ3n) is 2.61. The number of hydrogen-bond donors (Lipinski definition) is 2. The molecule has 1 heterocycles. The predicted molar refractivity (Wildman–Crippen MR) is 73.1 cm³/mol. The monoisotopic (exact) mass is 261 g/mol. The Morgan fingerprint density at radius 1 is 1.22 bits per heavy atom. The molecule has 0 saturated heterocycles. The van der Waals surface area contributed by atoms with E-state index >= 15 is 0 Å². The molecule has 2 aromatic rings. The van der Waals surface area contributed by atoms with E-state index in [1.165, 1.54) is 11.3 Å². The van der Waals surface area contributed by atoms with Gasteiger partial charge in [-0.1, -0.05) is 18.2 Å². The van der Waals surface area contributed by atoms with Crippen LogP contribution in [0, 0.1) is 0 Å². The Hall–Kier alpha value is -1.81. The maximum absolute atomic E-state index is 11.6. The van der Waals surface area contributed by atoms with E-state index in [2.05, 4.69) is 5.32 Å². The summed E-state index contributed by atoms with van der Waals surface area (Å²) in [6.45, 7) is 0.664. The van der Waals surface area contributed by atoms with Crippen LogP contribution < -0.4 is 5.32 Å². The van der Waals surface area contributed by atoms with Gasteiger partial charge in [-0.05, 0) is 42.0 Å². The number of aryl methyl sites for hydroxylation is 1. The van der Waals surface area contributed by atoms with Crippen molar-refractivity contribution in [3.63, 3.8) is 0 Å². The lowest BCUT2D eigenvalue weighted by Crippen LogP contribution is -2.23. The molecule has 18 heavy (non-hydrogen) atoms. The van der Waals surface area contributed by atoms with Crippen LogP contribution in [0.2, 0.25) is 0 Å². The van der Waals surface area contributed by atoms with E-state index in [-0.39, 0.29) is 11.7 Å². The number of hydrogen-bond acceptors (Lipinski definition) is 3. The van der Waals surface area contributed by atoms with Crippen molar-refractivity contribution < 1.29 is 9.90 Å². The van der Waals surface area contributed by atoms with Crippen LogP contribution in [0.1, 0.15) is 21.7 Å². The summed E-state index contributed by atoms with van der Waals surface area (Å²) in [7, 11) is 0. The van der Waals surface area contributed by atoms with Gasteiger partial charge >= 0.3 is 0 Å². The zero-order valence-corrected chi connectivity index (χ0v) is 10.7. The van der Waals surface area contributed by atoms with E-state index in [4.69, 9.17) is 5.11 Å². The molecular formula is C14H15NO2S. The van der Waals surface area contributed by atoms with Gasteiger partial charge in [-0.15, -0.1) is 11.3 Å². The van der Waals surface area contributed by atoms with Crippen molar-refractivity contribution in [2.75, 3.05) is 6.54 Å². The fraction of sp³-hybridized carbons (Fsp3) is 0.214. The Kier molecular flexibility index (Phi) is 4.36. The smallest absolute Gasteiger partial charge is 0.261 e. The molecular weight excluding hydrogens is 246 g/mol. The standard InChI is InChI=1S/C14H15NO2S/c16-12-7-5-11(6-8-12)3-1-9-15-14(17)13-4-2-10-18-13/h2,4-8,10,16H,1,3,9H2,(H,15,17). The molecule has 0 fully saturated rings. The largest absolute Gasteiger partial charge is 0.508 e. The fourth-order valence-corrected chi connectivity index (χ4v) is 2.29. The average Bonchev–Trinajstić information content (AvgIpc) is 2.90. The van der Waals surface area contributed by atoms with Crippen LogP contribution in [-0.2, 0) is 6.42 Å². The van der Waals surface area contributed by atoms with Gasteiger partial charge in [0.25, 0.3) is 5.91 Å². The minimum absolute atomic E-state index is 0.00398. The minimum atomic E-state index is -0.00398. The maximum Gasteiger partial charge on any atom is 0.261 e. The number of nitrogens with one attached hydrogen (secondary N) is 1. The second-order valence-electron chi connectivity index (χ2n) is 4.00. The summed E-state index contributed by atoms with van der Waals surface area (Å²) in [6, 6.07) is 10.8. The van der Waals surface area contributed by atoms with Gasteiger partial charge in [0.1, 0.15) is 5.75 Å². The highest BCUT2D eigenvalue weighted by atomic mass is 32.1. The molecule has 0 aliphatic rings. The second-order valence-corrected chi connectivity index (χ2v) is 4.95. The lowest BCUT2D eigenvalue weighted by atomic mass is 10.1. The Balaban J connectivity index is 1.70. The molecule has 0 atom stereocenters. The number of phenolic OH excluding ortho intramolecular Hbond substituents is 1. The van der Waals surface area contributed by atoms with Crippen LogP contribution in [0.5, 0.6) is 5.75 Å². The molecule has 2 N–H and O–H groups in total. The van der Waals surface area contributed by atoms with Crippen molar-refractivity contribution in [1.29, 1.82) is 0 Å². The predicted octanol–water partition coefficient (Wildman–Crippen LogP) is 2.82. The summed E-state index contributed by atoms with van der Waals surface area (Å²) in [5.41, 5.74) is 1.16. The molecule has 0 aliphatic carbocycles. The Morgan fingerprint density at radius 3 is 2.67 bits per heavy atom. The van der Waals surface area contributed by atoms with E-state index in [1.54, 1.807) is 12.1 Å². The number of benzene rings is 1. The SMILES string of the molecule is O=C(NCCCc1ccc(O)cc1)c1cccs1. The van der Waals surface area contributed by atoms with Gasteiger partial charge in [0, 0.05) is 6.54 Å². The number of amides is 1. The van der Waals surface area contributed by atoms with Crippen molar-refractivity contribution in [3.05, 3.63) is 52.2 Å². The number of aromatic hydroxyl groups is 1. The van der Waals surface area contributed by atoms with Gasteiger partial charge in [0.05, 0.1) is 4.88 Å². The summed E-state index contributed by atoms with van der Waals surface area (Å²) in [6.07, 6.45) is 1.78. The van der Waals surface area contributed by atoms with Gasteiger partial charge in [-0.2, -0.15) is 0 Å². The summed E-state index contributed by atoms with van der Waals surface area (Å²) in [4.78, 5) is 12.4. The summed E-state index contributed by atoms with van der Waals surface area (Å²) < 4.78 is 0. The van der Waals surface area contributed by atoms with Crippen LogP contribution in [0.25, 0.3) is 0 Å². The van der Waals surface area contributed by atoms with Gasteiger partial charge in [-0.25, -0.2) is 0 Å². The molecule has 2 rings (SSSR count). The molecule has 0 saturated carbocycles. The number of rotatable bonds is 5. The zero-order valence-electron chi connectivity index (χ0n) is 9.93. The van der Waals surface area contributed by atoms with Gasteiger partial charge in [0.15, 0.2) is 0 Å². The lowest BCUT2D eigenvalue weighted by Gasteiger charge is -2.04. The van der Waals surface area contributed by atoms with Crippen LogP contribution in [0.15, 0.2) is 41.8 Å². The third kappa shape index (κ3) is 3.60. The highest BCUT2D eigenvalue weighted by molar-refractivity contribution is 7.12. The Bertz CT molecular complexity index is 491.